The average molecular weight is 362 g/mol. The number of benzene rings is 2. The first-order valence-electron chi connectivity index (χ1n) is 8.88. The van der Waals surface area contributed by atoms with Gasteiger partial charge in [0.25, 0.3) is 5.89 Å². The Labute approximate surface area is 158 Å². The lowest BCUT2D eigenvalue weighted by Crippen LogP contribution is -2.29. The van der Waals surface area contributed by atoms with Crippen molar-refractivity contribution in [3.8, 4) is 11.4 Å². The van der Waals surface area contributed by atoms with E-state index < -0.39 is 0 Å². The monoisotopic (exact) mass is 362 g/mol. The van der Waals surface area contributed by atoms with Crippen molar-refractivity contribution in [3.05, 3.63) is 65.5 Å². The van der Waals surface area contributed by atoms with Crippen LogP contribution < -0.4 is 10.6 Å². The molecule has 27 heavy (non-hydrogen) atoms. The number of hydrogen-bond acceptors (Lipinski definition) is 4. The third-order valence-electron chi connectivity index (χ3n) is 3.87. The fraction of sp³-hybridized carbons (Fsp3) is 0.190. The molecule has 3 aromatic rings. The lowest BCUT2D eigenvalue weighted by molar-refractivity contribution is 0.252. The summed E-state index contributed by atoms with van der Waals surface area (Å²) in [5.74, 6) is 0.937. The zero-order chi connectivity index (χ0) is 19.1. The Hall–Kier alpha value is -3.41. The number of nitrogens with zero attached hydrogens (tertiary/aromatic N) is 2. The topological polar surface area (TPSA) is 80.0 Å². The van der Waals surface area contributed by atoms with E-state index in [0.717, 1.165) is 17.5 Å². The third-order valence-corrected chi connectivity index (χ3v) is 3.87. The lowest BCUT2D eigenvalue weighted by atomic mass is 10.1. The van der Waals surface area contributed by atoms with Crippen LogP contribution in [0, 0.1) is 6.92 Å². The van der Waals surface area contributed by atoms with Crippen molar-refractivity contribution in [1.82, 2.24) is 15.5 Å². The van der Waals surface area contributed by atoms with E-state index in [0.29, 0.717) is 23.9 Å². The van der Waals surface area contributed by atoms with Crippen LogP contribution in [0.5, 0.6) is 0 Å². The Kier molecular flexibility index (Phi) is 5.99. The molecule has 0 saturated heterocycles. The van der Waals surface area contributed by atoms with Crippen molar-refractivity contribution in [2.24, 2.45) is 0 Å². The van der Waals surface area contributed by atoms with Gasteiger partial charge >= 0.3 is 6.03 Å². The summed E-state index contributed by atoms with van der Waals surface area (Å²) in [6.45, 7) is 4.70. The predicted octanol–water partition coefficient (Wildman–Crippen LogP) is 4.75. The van der Waals surface area contributed by atoms with Gasteiger partial charge in [-0.25, -0.2) is 4.79 Å². The normalized spacial score (nSPS) is 10.9. The highest BCUT2D eigenvalue weighted by Gasteiger charge is 2.07. The molecule has 0 bridgehead atoms. The molecule has 0 fully saturated rings. The highest BCUT2D eigenvalue weighted by Crippen LogP contribution is 2.19. The van der Waals surface area contributed by atoms with Crippen LogP contribution >= 0.6 is 0 Å². The van der Waals surface area contributed by atoms with Gasteiger partial charge in [-0.1, -0.05) is 41.9 Å². The SMILES string of the molecule is CCCNC(=O)Nc1ccc(-c2noc(C=Cc3ccc(C)cc3)n2)cc1. The number of aromatic nitrogens is 2. The molecule has 0 radical (unpaired) electrons. The van der Waals surface area contributed by atoms with E-state index in [1.165, 1.54) is 5.56 Å². The minimum Gasteiger partial charge on any atom is -0.338 e. The van der Waals surface area contributed by atoms with Crippen LogP contribution in [-0.4, -0.2) is 22.7 Å². The van der Waals surface area contributed by atoms with Gasteiger partial charge in [-0.3, -0.25) is 0 Å². The number of amides is 2. The van der Waals surface area contributed by atoms with Crippen molar-refractivity contribution in [2.45, 2.75) is 20.3 Å². The van der Waals surface area contributed by atoms with Gasteiger partial charge in [0, 0.05) is 23.9 Å². The summed E-state index contributed by atoms with van der Waals surface area (Å²) in [4.78, 5) is 16.0. The number of carbonyl (C=O) groups is 1. The van der Waals surface area contributed by atoms with Crippen molar-refractivity contribution in [2.75, 3.05) is 11.9 Å². The first kappa shape index (κ1) is 18.4. The average Bonchev–Trinajstić information content (AvgIpc) is 3.15. The molecular weight excluding hydrogens is 340 g/mol. The summed E-state index contributed by atoms with van der Waals surface area (Å²) < 4.78 is 5.28. The van der Waals surface area contributed by atoms with E-state index in [1.54, 1.807) is 18.2 Å². The quantitative estimate of drug-likeness (QED) is 0.663. The lowest BCUT2D eigenvalue weighted by Gasteiger charge is -2.06. The third kappa shape index (κ3) is 5.28. The van der Waals surface area contributed by atoms with Gasteiger partial charge in [-0.2, -0.15) is 4.98 Å². The summed E-state index contributed by atoms with van der Waals surface area (Å²) in [6.07, 6.45) is 4.61. The van der Waals surface area contributed by atoms with Crippen LogP contribution in [0.15, 0.2) is 53.1 Å². The minimum atomic E-state index is -0.215. The number of hydrogen-bond donors (Lipinski definition) is 2. The molecule has 3 rings (SSSR count). The zero-order valence-electron chi connectivity index (χ0n) is 15.4. The summed E-state index contributed by atoms with van der Waals surface area (Å²) in [5.41, 5.74) is 3.80. The Morgan fingerprint density at radius 1 is 1.07 bits per heavy atom. The highest BCUT2D eigenvalue weighted by atomic mass is 16.5. The van der Waals surface area contributed by atoms with Gasteiger partial charge in [-0.05, 0) is 49.2 Å². The maximum Gasteiger partial charge on any atom is 0.319 e. The molecule has 0 spiro atoms. The van der Waals surface area contributed by atoms with Crippen LogP contribution in [0.4, 0.5) is 10.5 Å². The van der Waals surface area contributed by atoms with Gasteiger partial charge < -0.3 is 15.2 Å². The smallest absolute Gasteiger partial charge is 0.319 e. The Bertz CT molecular complexity index is 912. The van der Waals surface area contributed by atoms with Gasteiger partial charge in [0.2, 0.25) is 5.82 Å². The first-order valence-corrected chi connectivity index (χ1v) is 8.88. The molecule has 6 heteroatoms. The standard InChI is InChI=1S/C21H22N4O2/c1-3-14-22-21(26)23-18-11-9-17(10-12-18)20-24-19(27-25-20)13-8-16-6-4-15(2)5-7-16/h4-13H,3,14H2,1-2H3,(H2,22,23,26). The number of carbonyl (C=O) groups excluding carboxylic acids is 1. The van der Waals surface area contributed by atoms with Crippen molar-refractivity contribution in [3.63, 3.8) is 0 Å². The Balaban J connectivity index is 1.63. The van der Waals surface area contributed by atoms with E-state index in [4.69, 9.17) is 4.52 Å². The molecule has 1 heterocycles. The molecule has 0 aliphatic carbocycles. The number of urea groups is 1. The molecule has 0 saturated carbocycles. The molecule has 0 unspecified atom stereocenters. The van der Waals surface area contributed by atoms with Crippen LogP contribution in [0.25, 0.3) is 23.5 Å². The largest absolute Gasteiger partial charge is 0.338 e. The molecule has 6 nitrogen and oxygen atoms in total. The van der Waals surface area contributed by atoms with Crippen LogP contribution in [0.1, 0.15) is 30.4 Å². The fourth-order valence-corrected chi connectivity index (χ4v) is 2.38. The molecule has 1 aromatic heterocycles. The van der Waals surface area contributed by atoms with E-state index in [2.05, 4.69) is 39.8 Å². The number of rotatable bonds is 6. The van der Waals surface area contributed by atoms with Gasteiger partial charge in [0.1, 0.15) is 0 Å². The molecule has 2 amide bonds. The van der Waals surface area contributed by atoms with Crippen LogP contribution in [-0.2, 0) is 0 Å². The number of aryl methyl sites for hydroxylation is 1. The summed E-state index contributed by atoms with van der Waals surface area (Å²) >= 11 is 0. The molecule has 138 valence electrons. The number of anilines is 1. The summed E-state index contributed by atoms with van der Waals surface area (Å²) in [5, 5.41) is 9.55. The van der Waals surface area contributed by atoms with E-state index in [1.807, 2.05) is 37.3 Å². The first-order chi connectivity index (χ1) is 13.1. The van der Waals surface area contributed by atoms with Crippen LogP contribution in [0.3, 0.4) is 0 Å². The van der Waals surface area contributed by atoms with Gasteiger partial charge in [0.05, 0.1) is 0 Å². The zero-order valence-corrected chi connectivity index (χ0v) is 15.4. The summed E-state index contributed by atoms with van der Waals surface area (Å²) in [6, 6.07) is 15.2. The maximum atomic E-state index is 11.7. The second-order valence-corrected chi connectivity index (χ2v) is 6.16. The predicted molar refractivity (Wildman–Crippen MR) is 107 cm³/mol. The van der Waals surface area contributed by atoms with E-state index >= 15 is 0 Å². The Morgan fingerprint density at radius 2 is 1.81 bits per heavy atom. The van der Waals surface area contributed by atoms with Crippen LogP contribution in [0.2, 0.25) is 0 Å². The molecule has 0 aliphatic rings. The molecule has 0 atom stereocenters. The molecule has 0 aliphatic heterocycles. The fourth-order valence-electron chi connectivity index (χ4n) is 2.38. The van der Waals surface area contributed by atoms with Crippen molar-refractivity contribution >= 4 is 23.9 Å². The maximum absolute atomic E-state index is 11.7. The minimum absolute atomic E-state index is 0.215. The highest BCUT2D eigenvalue weighted by molar-refractivity contribution is 5.89. The number of nitrogens with one attached hydrogen (secondary N) is 2. The van der Waals surface area contributed by atoms with E-state index in [-0.39, 0.29) is 6.03 Å². The summed E-state index contributed by atoms with van der Waals surface area (Å²) in [7, 11) is 0. The van der Waals surface area contributed by atoms with E-state index in [9.17, 15) is 4.79 Å². The second kappa shape index (κ2) is 8.80. The van der Waals surface area contributed by atoms with Crippen molar-refractivity contribution < 1.29 is 9.32 Å². The molecular formula is C21H22N4O2. The molecule has 2 aromatic carbocycles. The van der Waals surface area contributed by atoms with Gasteiger partial charge in [0.15, 0.2) is 0 Å². The van der Waals surface area contributed by atoms with Crippen molar-refractivity contribution in [1.29, 1.82) is 0 Å². The second-order valence-electron chi connectivity index (χ2n) is 6.16. The molecule has 2 N–H and O–H groups in total. The Morgan fingerprint density at radius 3 is 2.52 bits per heavy atom. The van der Waals surface area contributed by atoms with Gasteiger partial charge in [-0.15, -0.1) is 0 Å².